The summed E-state index contributed by atoms with van der Waals surface area (Å²) in [6, 6.07) is 12.6. The van der Waals surface area contributed by atoms with Gasteiger partial charge in [0.25, 0.3) is 0 Å². The molecule has 2 rings (SSSR count). The molecule has 1 N–H and O–H groups in total. The zero-order valence-electron chi connectivity index (χ0n) is 11.5. The Morgan fingerprint density at radius 3 is 2.43 bits per heavy atom. The Bertz CT molecular complexity index is 690. The molecule has 106 valence electrons. The van der Waals surface area contributed by atoms with Crippen molar-refractivity contribution >= 4 is 23.5 Å². The van der Waals surface area contributed by atoms with Gasteiger partial charge in [0.1, 0.15) is 5.82 Å². The lowest BCUT2D eigenvalue weighted by atomic mass is 10.1. The van der Waals surface area contributed by atoms with Crippen LogP contribution in [0.15, 0.2) is 54.6 Å². The van der Waals surface area contributed by atoms with Crippen molar-refractivity contribution in [1.29, 1.82) is 0 Å². The predicted molar refractivity (Wildman–Crippen MR) is 80.5 cm³/mol. The number of rotatable bonds is 4. The predicted octanol–water partition coefficient (Wildman–Crippen LogP) is 3.68. The largest absolute Gasteiger partial charge is 0.323 e. The van der Waals surface area contributed by atoms with Gasteiger partial charge in [0, 0.05) is 17.3 Å². The van der Waals surface area contributed by atoms with Gasteiger partial charge >= 0.3 is 0 Å². The maximum absolute atomic E-state index is 13.0. The van der Waals surface area contributed by atoms with E-state index < -0.39 is 0 Å². The molecule has 4 heteroatoms. The standard InChI is InChI=1S/C17H14FNO2/c1-12(20)14-6-8-16(9-7-14)19-17(21)10-5-13-3-2-4-15(18)11-13/h2-11H,1H3,(H,19,21)/b10-5+. The molecule has 0 bridgehead atoms. The minimum Gasteiger partial charge on any atom is -0.323 e. The summed E-state index contributed by atoms with van der Waals surface area (Å²) in [5.41, 5.74) is 1.79. The van der Waals surface area contributed by atoms with Crippen molar-refractivity contribution in [2.24, 2.45) is 0 Å². The molecule has 0 heterocycles. The first-order valence-corrected chi connectivity index (χ1v) is 6.40. The third-order valence-electron chi connectivity index (χ3n) is 2.83. The Kier molecular flexibility index (Phi) is 4.61. The molecule has 0 spiro atoms. The zero-order chi connectivity index (χ0) is 15.2. The topological polar surface area (TPSA) is 46.2 Å². The number of benzene rings is 2. The van der Waals surface area contributed by atoms with Gasteiger partial charge in [0.05, 0.1) is 0 Å². The first-order valence-electron chi connectivity index (χ1n) is 6.40. The van der Waals surface area contributed by atoms with Crippen LogP contribution in [0.2, 0.25) is 0 Å². The second-order valence-corrected chi connectivity index (χ2v) is 4.51. The molecule has 0 aliphatic heterocycles. The Morgan fingerprint density at radius 2 is 1.81 bits per heavy atom. The SMILES string of the molecule is CC(=O)c1ccc(NC(=O)/C=C/c2cccc(F)c2)cc1. The molecule has 0 saturated carbocycles. The molecule has 0 radical (unpaired) electrons. The highest BCUT2D eigenvalue weighted by atomic mass is 19.1. The Morgan fingerprint density at radius 1 is 1.10 bits per heavy atom. The van der Waals surface area contributed by atoms with E-state index in [1.807, 2.05) is 0 Å². The number of amides is 1. The van der Waals surface area contributed by atoms with Crippen LogP contribution in [0.3, 0.4) is 0 Å². The van der Waals surface area contributed by atoms with Crippen LogP contribution in [0.4, 0.5) is 10.1 Å². The van der Waals surface area contributed by atoms with Crippen molar-refractivity contribution in [1.82, 2.24) is 0 Å². The van der Waals surface area contributed by atoms with E-state index in [9.17, 15) is 14.0 Å². The smallest absolute Gasteiger partial charge is 0.248 e. The minimum absolute atomic E-state index is 0.0288. The van der Waals surface area contributed by atoms with Crippen LogP contribution >= 0.6 is 0 Å². The van der Waals surface area contributed by atoms with E-state index in [1.54, 1.807) is 36.4 Å². The molecule has 0 fully saturated rings. The molecule has 0 aliphatic rings. The highest BCUT2D eigenvalue weighted by Crippen LogP contribution is 2.10. The van der Waals surface area contributed by atoms with Crippen LogP contribution in [0.5, 0.6) is 0 Å². The first kappa shape index (κ1) is 14.7. The van der Waals surface area contributed by atoms with Crippen LogP contribution in [0.25, 0.3) is 6.08 Å². The molecular weight excluding hydrogens is 269 g/mol. The van der Waals surface area contributed by atoms with Crippen LogP contribution in [-0.2, 0) is 4.79 Å². The maximum atomic E-state index is 13.0. The lowest BCUT2D eigenvalue weighted by Gasteiger charge is -2.02. The molecule has 0 atom stereocenters. The summed E-state index contributed by atoms with van der Waals surface area (Å²) < 4.78 is 13.0. The van der Waals surface area contributed by atoms with E-state index in [0.717, 1.165) is 0 Å². The fraction of sp³-hybridized carbons (Fsp3) is 0.0588. The van der Waals surface area contributed by atoms with Crippen LogP contribution in [-0.4, -0.2) is 11.7 Å². The lowest BCUT2D eigenvalue weighted by Crippen LogP contribution is -2.07. The summed E-state index contributed by atoms with van der Waals surface area (Å²) in [4.78, 5) is 22.9. The molecule has 1 amide bonds. The van der Waals surface area contributed by atoms with E-state index in [1.165, 1.54) is 31.2 Å². The number of carbonyl (C=O) groups excluding carboxylic acids is 2. The van der Waals surface area contributed by atoms with Gasteiger partial charge in [0.2, 0.25) is 5.91 Å². The van der Waals surface area contributed by atoms with Crippen molar-refractivity contribution in [3.63, 3.8) is 0 Å². The lowest BCUT2D eigenvalue weighted by molar-refractivity contribution is -0.111. The summed E-state index contributed by atoms with van der Waals surface area (Å²) in [6.45, 7) is 1.48. The summed E-state index contributed by atoms with van der Waals surface area (Å²) in [5, 5.41) is 2.66. The molecule has 3 nitrogen and oxygen atoms in total. The van der Waals surface area contributed by atoms with Crippen molar-refractivity contribution in [3.05, 3.63) is 71.6 Å². The van der Waals surface area contributed by atoms with Crippen molar-refractivity contribution < 1.29 is 14.0 Å². The number of carbonyl (C=O) groups is 2. The second kappa shape index (κ2) is 6.61. The fourth-order valence-corrected chi connectivity index (χ4v) is 1.75. The van der Waals surface area contributed by atoms with Gasteiger partial charge in [-0.25, -0.2) is 4.39 Å². The van der Waals surface area contributed by atoms with Gasteiger partial charge in [0.15, 0.2) is 5.78 Å². The monoisotopic (exact) mass is 283 g/mol. The Hall–Kier alpha value is -2.75. The van der Waals surface area contributed by atoms with Crippen molar-refractivity contribution in [2.75, 3.05) is 5.32 Å². The number of hydrogen-bond acceptors (Lipinski definition) is 2. The number of halogens is 1. The molecule has 0 unspecified atom stereocenters. The van der Waals surface area contributed by atoms with Gasteiger partial charge in [-0.2, -0.15) is 0 Å². The van der Waals surface area contributed by atoms with Gasteiger partial charge in [-0.05, 0) is 55.0 Å². The minimum atomic E-state index is -0.350. The number of anilines is 1. The van der Waals surface area contributed by atoms with E-state index in [0.29, 0.717) is 16.8 Å². The molecule has 0 saturated heterocycles. The molecular formula is C17H14FNO2. The summed E-state index contributed by atoms with van der Waals surface area (Å²) in [5.74, 6) is -0.703. The molecule has 2 aromatic rings. The van der Waals surface area contributed by atoms with E-state index in [4.69, 9.17) is 0 Å². The zero-order valence-corrected chi connectivity index (χ0v) is 11.5. The normalized spacial score (nSPS) is 10.6. The van der Waals surface area contributed by atoms with Crippen LogP contribution in [0, 0.1) is 5.82 Å². The molecule has 0 aromatic heterocycles. The third-order valence-corrected chi connectivity index (χ3v) is 2.83. The summed E-state index contributed by atoms with van der Waals surface area (Å²) in [6.07, 6.45) is 2.86. The summed E-state index contributed by atoms with van der Waals surface area (Å²) in [7, 11) is 0. The van der Waals surface area contributed by atoms with Gasteiger partial charge in [-0.3, -0.25) is 9.59 Å². The number of Topliss-reactive ketones (excluding diaryl/α,β-unsaturated/α-hetero) is 1. The van der Waals surface area contributed by atoms with Crippen molar-refractivity contribution in [2.45, 2.75) is 6.92 Å². The number of hydrogen-bond donors (Lipinski definition) is 1. The quantitative estimate of drug-likeness (QED) is 0.687. The van der Waals surface area contributed by atoms with Gasteiger partial charge < -0.3 is 5.32 Å². The average Bonchev–Trinajstić information content (AvgIpc) is 2.46. The van der Waals surface area contributed by atoms with Crippen molar-refractivity contribution in [3.8, 4) is 0 Å². The molecule has 0 aliphatic carbocycles. The summed E-state index contributed by atoms with van der Waals surface area (Å²) >= 11 is 0. The molecule has 21 heavy (non-hydrogen) atoms. The maximum Gasteiger partial charge on any atom is 0.248 e. The highest BCUT2D eigenvalue weighted by molar-refractivity contribution is 6.02. The number of ketones is 1. The van der Waals surface area contributed by atoms with Crippen LogP contribution in [0.1, 0.15) is 22.8 Å². The Balaban J connectivity index is 1.99. The van der Waals surface area contributed by atoms with E-state index in [-0.39, 0.29) is 17.5 Å². The first-order chi connectivity index (χ1) is 10.0. The second-order valence-electron chi connectivity index (χ2n) is 4.51. The average molecular weight is 283 g/mol. The third kappa shape index (κ3) is 4.38. The fourth-order valence-electron chi connectivity index (χ4n) is 1.75. The van der Waals surface area contributed by atoms with Crippen LogP contribution < -0.4 is 5.32 Å². The van der Waals surface area contributed by atoms with Gasteiger partial charge in [-0.15, -0.1) is 0 Å². The van der Waals surface area contributed by atoms with E-state index in [2.05, 4.69) is 5.32 Å². The van der Waals surface area contributed by atoms with Gasteiger partial charge in [-0.1, -0.05) is 12.1 Å². The highest BCUT2D eigenvalue weighted by Gasteiger charge is 2.01. The number of nitrogens with one attached hydrogen (secondary N) is 1. The molecule has 2 aromatic carbocycles. The Labute approximate surface area is 122 Å². The van der Waals surface area contributed by atoms with E-state index >= 15 is 0 Å².